The highest BCUT2D eigenvalue weighted by Gasteiger charge is 2.32. The molecule has 1 aliphatic heterocycles. The molecule has 1 saturated heterocycles. The smallest absolute Gasteiger partial charge is 0.0818 e. The van der Waals surface area contributed by atoms with Crippen molar-refractivity contribution >= 4 is 11.3 Å². The second-order valence-electron chi connectivity index (χ2n) is 6.10. The molecule has 0 bridgehead atoms. The Labute approximate surface area is 136 Å². The largest absolute Gasteiger partial charge is 0.388 e. The van der Waals surface area contributed by atoms with Crippen LogP contribution in [-0.2, 0) is 17.8 Å². The van der Waals surface area contributed by atoms with E-state index in [9.17, 15) is 5.11 Å². The third-order valence-corrected chi connectivity index (χ3v) is 4.91. The first-order valence-corrected chi connectivity index (χ1v) is 8.75. The fraction of sp³-hybridized carbons (Fsp3) is 0.444. The number of nitrogens with zero attached hydrogens (tertiary/aromatic N) is 1. The van der Waals surface area contributed by atoms with Crippen molar-refractivity contribution in [3.63, 3.8) is 0 Å². The Hall–Kier alpha value is -1.20. The average molecular weight is 317 g/mol. The van der Waals surface area contributed by atoms with Crippen LogP contribution in [0.25, 0.3) is 0 Å². The third-order valence-electron chi connectivity index (χ3n) is 4.18. The number of rotatable bonds is 6. The van der Waals surface area contributed by atoms with Gasteiger partial charge in [-0.25, -0.2) is 0 Å². The van der Waals surface area contributed by atoms with Crippen molar-refractivity contribution in [1.82, 2.24) is 4.90 Å². The molecule has 1 aromatic heterocycles. The minimum Gasteiger partial charge on any atom is -0.388 e. The van der Waals surface area contributed by atoms with Crippen molar-refractivity contribution in [1.29, 1.82) is 0 Å². The molecule has 3 nitrogen and oxygen atoms in total. The lowest BCUT2D eigenvalue weighted by molar-refractivity contribution is -0.0821. The second kappa shape index (κ2) is 7.38. The molecule has 0 atom stereocenters. The van der Waals surface area contributed by atoms with Crippen molar-refractivity contribution in [2.75, 3.05) is 19.8 Å². The summed E-state index contributed by atoms with van der Waals surface area (Å²) in [7, 11) is 0. The molecule has 0 spiro atoms. The first kappa shape index (κ1) is 15.7. The zero-order valence-electron chi connectivity index (χ0n) is 12.8. The van der Waals surface area contributed by atoms with E-state index < -0.39 is 5.60 Å². The Balaban J connectivity index is 1.70. The molecule has 3 rings (SSSR count). The molecule has 0 unspecified atom stereocenters. The summed E-state index contributed by atoms with van der Waals surface area (Å²) in [4.78, 5) is 2.35. The molecule has 4 heteroatoms. The molecule has 2 heterocycles. The molecule has 118 valence electrons. The van der Waals surface area contributed by atoms with Crippen molar-refractivity contribution < 1.29 is 9.84 Å². The van der Waals surface area contributed by atoms with Crippen molar-refractivity contribution in [2.24, 2.45) is 0 Å². The van der Waals surface area contributed by atoms with Gasteiger partial charge in [0.2, 0.25) is 0 Å². The molecule has 2 aromatic rings. The minimum atomic E-state index is -0.622. The Morgan fingerprint density at radius 2 is 1.77 bits per heavy atom. The van der Waals surface area contributed by atoms with Crippen molar-refractivity contribution in [3.8, 4) is 0 Å². The lowest BCUT2D eigenvalue weighted by Crippen LogP contribution is -2.46. The predicted molar refractivity (Wildman–Crippen MR) is 89.9 cm³/mol. The SMILES string of the molecule is OC1(CN(Cc2ccccc2)Cc2ccsc2)CCOCC1. The van der Waals surface area contributed by atoms with Gasteiger partial charge in [-0.3, -0.25) is 4.90 Å². The highest BCUT2D eigenvalue weighted by atomic mass is 32.1. The van der Waals surface area contributed by atoms with Crippen LogP contribution in [0.1, 0.15) is 24.0 Å². The zero-order chi connectivity index (χ0) is 15.3. The highest BCUT2D eigenvalue weighted by molar-refractivity contribution is 7.07. The van der Waals surface area contributed by atoms with Gasteiger partial charge in [-0.1, -0.05) is 30.3 Å². The van der Waals surface area contributed by atoms with E-state index in [0.29, 0.717) is 19.8 Å². The van der Waals surface area contributed by atoms with E-state index in [2.05, 4.69) is 46.0 Å². The summed E-state index contributed by atoms with van der Waals surface area (Å²) in [6, 6.07) is 12.6. The van der Waals surface area contributed by atoms with Crippen LogP contribution in [-0.4, -0.2) is 35.4 Å². The van der Waals surface area contributed by atoms with Gasteiger partial charge in [-0.2, -0.15) is 11.3 Å². The number of thiophene rings is 1. The third kappa shape index (κ3) is 4.40. The lowest BCUT2D eigenvalue weighted by Gasteiger charge is -2.37. The van der Waals surface area contributed by atoms with E-state index in [-0.39, 0.29) is 0 Å². The first-order valence-electron chi connectivity index (χ1n) is 7.81. The van der Waals surface area contributed by atoms with Crippen LogP contribution < -0.4 is 0 Å². The maximum absolute atomic E-state index is 10.8. The van der Waals surface area contributed by atoms with E-state index in [1.807, 2.05) is 6.07 Å². The second-order valence-corrected chi connectivity index (χ2v) is 6.88. The topological polar surface area (TPSA) is 32.7 Å². The minimum absolute atomic E-state index is 0.622. The van der Waals surface area contributed by atoms with E-state index >= 15 is 0 Å². The molecule has 1 aromatic carbocycles. The molecular formula is C18H23NO2S. The van der Waals surface area contributed by atoms with Gasteiger partial charge in [0.25, 0.3) is 0 Å². The van der Waals surface area contributed by atoms with Gasteiger partial charge in [0.05, 0.1) is 5.60 Å². The zero-order valence-corrected chi connectivity index (χ0v) is 13.6. The van der Waals surface area contributed by atoms with Crippen molar-refractivity contribution in [3.05, 3.63) is 58.3 Å². The van der Waals surface area contributed by atoms with E-state index in [1.54, 1.807) is 11.3 Å². The molecular weight excluding hydrogens is 294 g/mol. The van der Waals surface area contributed by atoms with E-state index in [4.69, 9.17) is 4.74 Å². The quantitative estimate of drug-likeness (QED) is 0.887. The fourth-order valence-corrected chi connectivity index (χ4v) is 3.64. The van der Waals surface area contributed by atoms with Gasteiger partial charge >= 0.3 is 0 Å². The number of hydrogen-bond donors (Lipinski definition) is 1. The van der Waals surface area contributed by atoms with Gasteiger partial charge in [0, 0.05) is 45.7 Å². The van der Waals surface area contributed by atoms with Gasteiger partial charge in [0.15, 0.2) is 0 Å². The maximum atomic E-state index is 10.8. The van der Waals surface area contributed by atoms with Gasteiger partial charge < -0.3 is 9.84 Å². The lowest BCUT2D eigenvalue weighted by atomic mass is 9.93. The molecule has 22 heavy (non-hydrogen) atoms. The summed E-state index contributed by atoms with van der Waals surface area (Å²) in [6.45, 7) is 3.75. The summed E-state index contributed by atoms with van der Waals surface area (Å²) in [6.07, 6.45) is 1.45. The molecule has 0 saturated carbocycles. The average Bonchev–Trinajstić information content (AvgIpc) is 3.01. The number of hydrogen-bond acceptors (Lipinski definition) is 4. The number of ether oxygens (including phenoxy) is 1. The van der Waals surface area contributed by atoms with E-state index in [1.165, 1.54) is 11.1 Å². The first-order chi connectivity index (χ1) is 10.7. The normalized spacial score (nSPS) is 17.7. The van der Waals surface area contributed by atoms with Gasteiger partial charge in [0.1, 0.15) is 0 Å². The Morgan fingerprint density at radius 3 is 2.45 bits per heavy atom. The Bertz CT molecular complexity index is 550. The number of benzene rings is 1. The predicted octanol–water partition coefficient (Wildman–Crippen LogP) is 3.29. The molecule has 0 aliphatic carbocycles. The summed E-state index contributed by atoms with van der Waals surface area (Å²) >= 11 is 1.72. The fourth-order valence-electron chi connectivity index (χ4n) is 2.98. The van der Waals surface area contributed by atoms with Gasteiger partial charge in [-0.15, -0.1) is 0 Å². The summed E-state index contributed by atoms with van der Waals surface area (Å²) < 4.78 is 5.39. The molecule has 0 radical (unpaired) electrons. The monoisotopic (exact) mass is 317 g/mol. The summed E-state index contributed by atoms with van der Waals surface area (Å²) in [5.41, 5.74) is 1.98. The number of aliphatic hydroxyl groups is 1. The van der Waals surface area contributed by atoms with Crippen LogP contribution in [0.15, 0.2) is 47.2 Å². The van der Waals surface area contributed by atoms with Crippen LogP contribution in [0.2, 0.25) is 0 Å². The Kier molecular flexibility index (Phi) is 5.26. The van der Waals surface area contributed by atoms with Crippen LogP contribution in [0, 0.1) is 0 Å². The molecule has 1 aliphatic rings. The maximum Gasteiger partial charge on any atom is 0.0818 e. The van der Waals surface area contributed by atoms with Gasteiger partial charge in [-0.05, 0) is 28.0 Å². The van der Waals surface area contributed by atoms with E-state index in [0.717, 1.165) is 25.9 Å². The standard InChI is InChI=1S/C18H23NO2S/c20-18(7-9-21-10-8-18)15-19(13-17-6-11-22-14-17)12-16-4-2-1-3-5-16/h1-6,11,14,20H,7-10,12-13,15H2. The summed E-state index contributed by atoms with van der Waals surface area (Å²) in [5.74, 6) is 0. The molecule has 0 amide bonds. The Morgan fingerprint density at radius 1 is 1.05 bits per heavy atom. The molecule has 1 N–H and O–H groups in total. The van der Waals surface area contributed by atoms with Crippen LogP contribution in [0.5, 0.6) is 0 Å². The summed E-state index contributed by atoms with van der Waals surface area (Å²) in [5, 5.41) is 15.1. The molecule has 1 fully saturated rings. The van der Waals surface area contributed by atoms with Crippen LogP contribution in [0.4, 0.5) is 0 Å². The highest BCUT2D eigenvalue weighted by Crippen LogP contribution is 2.24. The van der Waals surface area contributed by atoms with Crippen molar-refractivity contribution in [2.45, 2.75) is 31.5 Å². The van der Waals surface area contributed by atoms with Crippen LogP contribution in [0.3, 0.4) is 0 Å². The van der Waals surface area contributed by atoms with Crippen LogP contribution >= 0.6 is 11.3 Å².